The quantitative estimate of drug-likeness (QED) is 0.896. The maximum absolute atomic E-state index is 11.2. The van der Waals surface area contributed by atoms with E-state index in [9.17, 15) is 9.90 Å². The van der Waals surface area contributed by atoms with Crippen molar-refractivity contribution in [1.29, 1.82) is 0 Å². The third-order valence-electron chi connectivity index (χ3n) is 2.99. The zero-order valence-corrected chi connectivity index (χ0v) is 12.0. The zero-order valence-electron chi connectivity index (χ0n) is 11.1. The summed E-state index contributed by atoms with van der Waals surface area (Å²) >= 11 is 1.49. The molecule has 1 heterocycles. The third-order valence-corrected chi connectivity index (χ3v) is 4.15. The Balaban J connectivity index is 2.38. The molecule has 0 saturated carbocycles. The van der Waals surface area contributed by atoms with Crippen molar-refractivity contribution in [3.05, 3.63) is 40.4 Å². The average Bonchev–Trinajstić information content (AvgIpc) is 2.83. The molecule has 0 unspecified atom stereocenters. The molecule has 0 radical (unpaired) electrons. The van der Waals surface area contributed by atoms with Gasteiger partial charge in [0.1, 0.15) is 5.01 Å². The number of benzene rings is 1. The fourth-order valence-electron chi connectivity index (χ4n) is 1.92. The number of hydrogen-bond donors (Lipinski definition) is 1. The van der Waals surface area contributed by atoms with Gasteiger partial charge in [0.25, 0.3) is 0 Å². The number of carboxylic acid groups (broad SMARTS) is 1. The van der Waals surface area contributed by atoms with E-state index in [2.05, 4.69) is 24.0 Å². The van der Waals surface area contributed by atoms with Crippen LogP contribution in [0.4, 0.5) is 0 Å². The Morgan fingerprint density at radius 1 is 1.26 bits per heavy atom. The largest absolute Gasteiger partial charge is 0.476 e. The van der Waals surface area contributed by atoms with Gasteiger partial charge in [-0.2, -0.15) is 0 Å². The summed E-state index contributed by atoms with van der Waals surface area (Å²) in [5, 5.41) is 9.97. The number of carbonyl (C=O) groups is 1. The van der Waals surface area contributed by atoms with Gasteiger partial charge in [-0.05, 0) is 18.4 Å². The second-order valence-electron chi connectivity index (χ2n) is 4.40. The predicted octanol–water partition coefficient (Wildman–Crippen LogP) is 4.02. The Labute approximate surface area is 116 Å². The van der Waals surface area contributed by atoms with Gasteiger partial charge in [-0.3, -0.25) is 0 Å². The molecule has 4 heteroatoms. The molecule has 0 aliphatic heterocycles. The van der Waals surface area contributed by atoms with Crippen molar-refractivity contribution in [2.45, 2.75) is 33.1 Å². The van der Waals surface area contributed by atoms with E-state index in [-0.39, 0.29) is 5.69 Å². The van der Waals surface area contributed by atoms with Crippen molar-refractivity contribution in [2.24, 2.45) is 0 Å². The number of thiazole rings is 1. The van der Waals surface area contributed by atoms with Crippen LogP contribution < -0.4 is 0 Å². The molecule has 1 aromatic heterocycles. The van der Waals surface area contributed by atoms with E-state index in [0.717, 1.165) is 34.7 Å². The minimum Gasteiger partial charge on any atom is -0.476 e. The SMILES string of the molecule is CCCc1sc(-c2ccc(CC)cc2)nc1C(=O)O. The fraction of sp³-hybridized carbons (Fsp3) is 0.333. The third kappa shape index (κ3) is 3.01. The molecule has 0 amide bonds. The Morgan fingerprint density at radius 2 is 1.95 bits per heavy atom. The average molecular weight is 275 g/mol. The zero-order chi connectivity index (χ0) is 13.8. The van der Waals surface area contributed by atoms with Crippen molar-refractivity contribution >= 4 is 17.3 Å². The number of hydrogen-bond acceptors (Lipinski definition) is 3. The molecule has 0 bridgehead atoms. The molecule has 100 valence electrons. The van der Waals surface area contributed by atoms with Crippen molar-refractivity contribution < 1.29 is 9.90 Å². The molecule has 3 nitrogen and oxygen atoms in total. The van der Waals surface area contributed by atoms with Gasteiger partial charge in [0, 0.05) is 10.4 Å². The number of nitrogens with zero attached hydrogens (tertiary/aromatic N) is 1. The standard InChI is InChI=1S/C15H17NO2S/c1-3-5-12-13(15(17)18)16-14(19-12)11-8-6-10(4-2)7-9-11/h6-9H,3-5H2,1-2H3,(H,17,18). The smallest absolute Gasteiger partial charge is 0.355 e. The molecule has 2 rings (SSSR count). The van der Waals surface area contributed by atoms with Crippen molar-refractivity contribution in [2.75, 3.05) is 0 Å². The van der Waals surface area contributed by atoms with E-state index in [1.165, 1.54) is 16.9 Å². The molecule has 0 saturated heterocycles. The van der Waals surface area contributed by atoms with Crippen LogP contribution in [0, 0.1) is 0 Å². The van der Waals surface area contributed by atoms with Gasteiger partial charge in [-0.1, -0.05) is 44.5 Å². The van der Waals surface area contributed by atoms with Gasteiger partial charge < -0.3 is 5.11 Å². The van der Waals surface area contributed by atoms with Crippen LogP contribution in [0.25, 0.3) is 10.6 Å². The summed E-state index contributed by atoms with van der Waals surface area (Å²) in [5.41, 5.74) is 2.47. The first-order valence-corrected chi connectivity index (χ1v) is 7.29. The van der Waals surface area contributed by atoms with Gasteiger partial charge in [-0.15, -0.1) is 11.3 Å². The van der Waals surface area contributed by atoms with Gasteiger partial charge >= 0.3 is 5.97 Å². The first-order valence-electron chi connectivity index (χ1n) is 6.48. The second kappa shape index (κ2) is 5.97. The number of rotatable bonds is 5. The summed E-state index contributed by atoms with van der Waals surface area (Å²) < 4.78 is 0. The van der Waals surface area contributed by atoms with Crippen molar-refractivity contribution in [3.63, 3.8) is 0 Å². The summed E-state index contributed by atoms with van der Waals surface area (Å²) in [6, 6.07) is 8.16. The molecule has 0 atom stereocenters. The van der Waals surface area contributed by atoms with Crippen molar-refractivity contribution in [3.8, 4) is 10.6 Å². The predicted molar refractivity (Wildman–Crippen MR) is 77.9 cm³/mol. The van der Waals surface area contributed by atoms with Crippen LogP contribution in [-0.4, -0.2) is 16.1 Å². The highest BCUT2D eigenvalue weighted by Crippen LogP contribution is 2.29. The molecule has 1 N–H and O–H groups in total. The summed E-state index contributed by atoms with van der Waals surface area (Å²) in [5.74, 6) is -0.934. The number of carboxylic acids is 1. The molecular weight excluding hydrogens is 258 g/mol. The van der Waals surface area contributed by atoms with E-state index in [1.54, 1.807) is 0 Å². The molecule has 2 aromatic rings. The lowest BCUT2D eigenvalue weighted by Gasteiger charge is -1.98. The normalized spacial score (nSPS) is 10.6. The Kier molecular flexibility index (Phi) is 4.32. The summed E-state index contributed by atoms with van der Waals surface area (Å²) in [4.78, 5) is 16.3. The first-order chi connectivity index (χ1) is 9.15. The Morgan fingerprint density at radius 3 is 2.47 bits per heavy atom. The highest BCUT2D eigenvalue weighted by molar-refractivity contribution is 7.15. The molecule has 0 fully saturated rings. The molecule has 0 aliphatic carbocycles. The maximum atomic E-state index is 11.2. The van der Waals surface area contributed by atoms with Crippen LogP contribution >= 0.6 is 11.3 Å². The van der Waals surface area contributed by atoms with E-state index in [1.807, 2.05) is 19.1 Å². The number of aromatic carboxylic acids is 1. The summed E-state index contributed by atoms with van der Waals surface area (Å²) in [6.07, 6.45) is 2.70. The van der Waals surface area contributed by atoms with Crippen LogP contribution in [0.3, 0.4) is 0 Å². The summed E-state index contributed by atoms with van der Waals surface area (Å²) in [7, 11) is 0. The van der Waals surface area contributed by atoms with Gasteiger partial charge in [0.15, 0.2) is 5.69 Å². The van der Waals surface area contributed by atoms with E-state index in [0.29, 0.717) is 0 Å². The lowest BCUT2D eigenvalue weighted by Crippen LogP contribution is -2.00. The fourth-order valence-corrected chi connectivity index (χ4v) is 3.08. The van der Waals surface area contributed by atoms with E-state index in [4.69, 9.17) is 0 Å². The Hall–Kier alpha value is -1.68. The maximum Gasteiger partial charge on any atom is 0.355 e. The van der Waals surface area contributed by atoms with Gasteiger partial charge in [0.05, 0.1) is 0 Å². The van der Waals surface area contributed by atoms with E-state index >= 15 is 0 Å². The van der Waals surface area contributed by atoms with Crippen LogP contribution in [-0.2, 0) is 12.8 Å². The monoisotopic (exact) mass is 275 g/mol. The van der Waals surface area contributed by atoms with E-state index < -0.39 is 5.97 Å². The second-order valence-corrected chi connectivity index (χ2v) is 5.48. The van der Waals surface area contributed by atoms with Gasteiger partial charge in [0.2, 0.25) is 0 Å². The highest BCUT2D eigenvalue weighted by atomic mass is 32.1. The minimum absolute atomic E-state index is 0.210. The summed E-state index contributed by atoms with van der Waals surface area (Å²) in [6.45, 7) is 4.15. The minimum atomic E-state index is -0.934. The first kappa shape index (κ1) is 13.7. The topological polar surface area (TPSA) is 50.2 Å². The van der Waals surface area contributed by atoms with Crippen LogP contribution in [0.1, 0.15) is 41.2 Å². The molecule has 1 aromatic carbocycles. The Bertz CT molecular complexity index is 572. The lowest BCUT2D eigenvalue weighted by atomic mass is 10.1. The van der Waals surface area contributed by atoms with Gasteiger partial charge in [-0.25, -0.2) is 9.78 Å². The van der Waals surface area contributed by atoms with Crippen LogP contribution in [0.2, 0.25) is 0 Å². The number of aryl methyl sites for hydroxylation is 2. The molecular formula is C15H17NO2S. The highest BCUT2D eigenvalue weighted by Gasteiger charge is 2.17. The molecule has 0 spiro atoms. The van der Waals surface area contributed by atoms with Crippen LogP contribution in [0.5, 0.6) is 0 Å². The molecule has 19 heavy (non-hydrogen) atoms. The number of aromatic nitrogens is 1. The lowest BCUT2D eigenvalue weighted by molar-refractivity contribution is 0.0690. The van der Waals surface area contributed by atoms with Crippen molar-refractivity contribution in [1.82, 2.24) is 4.98 Å². The van der Waals surface area contributed by atoms with Crippen LogP contribution in [0.15, 0.2) is 24.3 Å². The molecule has 0 aliphatic rings.